The molecule has 0 radical (unpaired) electrons. The predicted octanol–water partition coefficient (Wildman–Crippen LogP) is 5.27. The molecule has 2 N–H and O–H groups in total. The molecule has 6 nitrogen and oxygen atoms in total. The fraction of sp³-hybridized carbons (Fsp3) is 0.321. The van der Waals surface area contributed by atoms with E-state index in [2.05, 4.69) is 10.6 Å². The van der Waals surface area contributed by atoms with Crippen molar-refractivity contribution in [3.63, 3.8) is 0 Å². The molecule has 0 fully saturated rings. The standard InChI is InChI=1S/C28H28F5N3O3/c1-6-21(19-11-17(12-20(29)25(19)30)24-15(3)9-14(2)10-16(24)4)35-23(37)13-34-26(38)18-7-8-22(28(31,32)33)36(5)27(18)39/h7-12,21H,6,13H2,1-5H3,(H,34,38)(H,35,37). The summed E-state index contributed by atoms with van der Waals surface area (Å²) in [5, 5.41) is 4.71. The molecule has 1 aromatic heterocycles. The number of rotatable bonds is 7. The number of hydrogen-bond acceptors (Lipinski definition) is 3. The average molecular weight is 550 g/mol. The molecule has 3 rings (SSSR count). The van der Waals surface area contributed by atoms with Crippen LogP contribution < -0.4 is 16.2 Å². The Balaban J connectivity index is 1.80. The number of carbonyl (C=O) groups excluding carboxylic acids is 2. The molecule has 0 saturated heterocycles. The average Bonchev–Trinajstić information content (AvgIpc) is 2.83. The van der Waals surface area contributed by atoms with E-state index in [0.29, 0.717) is 16.2 Å². The highest BCUT2D eigenvalue weighted by Gasteiger charge is 2.34. The van der Waals surface area contributed by atoms with Gasteiger partial charge in [-0.15, -0.1) is 0 Å². The molecule has 0 saturated carbocycles. The van der Waals surface area contributed by atoms with E-state index in [1.807, 2.05) is 32.9 Å². The largest absolute Gasteiger partial charge is 0.431 e. The van der Waals surface area contributed by atoms with Crippen LogP contribution in [-0.2, 0) is 18.0 Å². The van der Waals surface area contributed by atoms with Gasteiger partial charge in [-0.05, 0) is 73.7 Å². The topological polar surface area (TPSA) is 80.2 Å². The summed E-state index contributed by atoms with van der Waals surface area (Å²) in [5.74, 6) is -4.03. The Morgan fingerprint density at radius 1 is 1.00 bits per heavy atom. The molecule has 0 aliphatic rings. The van der Waals surface area contributed by atoms with Gasteiger partial charge in [0, 0.05) is 12.6 Å². The third-order valence-electron chi connectivity index (χ3n) is 6.39. The van der Waals surface area contributed by atoms with Crippen molar-refractivity contribution in [1.82, 2.24) is 15.2 Å². The number of benzene rings is 2. The van der Waals surface area contributed by atoms with Crippen LogP contribution in [0.1, 0.15) is 57.7 Å². The van der Waals surface area contributed by atoms with Gasteiger partial charge in [0.05, 0.1) is 12.6 Å². The lowest BCUT2D eigenvalue weighted by molar-refractivity contribution is -0.143. The fourth-order valence-electron chi connectivity index (χ4n) is 4.64. The number of aryl methyl sites for hydroxylation is 3. The fourth-order valence-corrected chi connectivity index (χ4v) is 4.64. The molecule has 0 spiro atoms. The maximum Gasteiger partial charge on any atom is 0.431 e. The van der Waals surface area contributed by atoms with Crippen molar-refractivity contribution in [3.05, 3.63) is 91.9 Å². The lowest BCUT2D eigenvalue weighted by atomic mass is 9.91. The molecule has 2 amide bonds. The molecule has 1 unspecified atom stereocenters. The summed E-state index contributed by atoms with van der Waals surface area (Å²) in [4.78, 5) is 37.2. The van der Waals surface area contributed by atoms with Crippen LogP contribution in [0.15, 0.2) is 41.2 Å². The van der Waals surface area contributed by atoms with Crippen LogP contribution in [0.25, 0.3) is 11.1 Å². The molecular weight excluding hydrogens is 521 g/mol. The molecule has 1 heterocycles. The van der Waals surface area contributed by atoms with Crippen LogP contribution >= 0.6 is 0 Å². The first-order valence-electron chi connectivity index (χ1n) is 12.1. The zero-order valence-electron chi connectivity index (χ0n) is 22.0. The minimum Gasteiger partial charge on any atom is -0.348 e. The lowest BCUT2D eigenvalue weighted by Crippen LogP contribution is -2.41. The predicted molar refractivity (Wildman–Crippen MR) is 136 cm³/mol. The highest BCUT2D eigenvalue weighted by atomic mass is 19.4. The smallest absolute Gasteiger partial charge is 0.348 e. The zero-order valence-corrected chi connectivity index (χ0v) is 22.0. The summed E-state index contributed by atoms with van der Waals surface area (Å²) < 4.78 is 68.8. The summed E-state index contributed by atoms with van der Waals surface area (Å²) in [5.41, 5.74) is 0.859. The second-order valence-corrected chi connectivity index (χ2v) is 9.34. The van der Waals surface area contributed by atoms with Gasteiger partial charge in [0.1, 0.15) is 11.3 Å². The van der Waals surface area contributed by atoms with Crippen LogP contribution in [0, 0.1) is 32.4 Å². The van der Waals surface area contributed by atoms with Crippen LogP contribution in [-0.4, -0.2) is 22.9 Å². The molecule has 39 heavy (non-hydrogen) atoms. The molecule has 0 aliphatic carbocycles. The van der Waals surface area contributed by atoms with E-state index >= 15 is 0 Å². The SMILES string of the molecule is CCC(NC(=O)CNC(=O)c1ccc(C(F)(F)F)n(C)c1=O)c1cc(-c2c(C)cc(C)cc2C)cc(F)c1F. The van der Waals surface area contributed by atoms with E-state index in [1.54, 1.807) is 6.92 Å². The van der Waals surface area contributed by atoms with Crippen molar-refractivity contribution >= 4 is 11.8 Å². The molecule has 208 valence electrons. The Labute approximate surface area is 221 Å². The Bertz CT molecular complexity index is 1470. The van der Waals surface area contributed by atoms with Crippen molar-refractivity contribution < 1.29 is 31.5 Å². The van der Waals surface area contributed by atoms with Gasteiger partial charge < -0.3 is 15.2 Å². The maximum absolute atomic E-state index is 14.9. The highest BCUT2D eigenvalue weighted by molar-refractivity contribution is 5.96. The number of halogens is 5. The molecular formula is C28H28F5N3O3. The zero-order chi connectivity index (χ0) is 29.2. The number of nitrogens with one attached hydrogen (secondary N) is 2. The van der Waals surface area contributed by atoms with Crippen molar-refractivity contribution in [1.29, 1.82) is 0 Å². The third kappa shape index (κ3) is 6.35. The van der Waals surface area contributed by atoms with Gasteiger partial charge in [-0.3, -0.25) is 14.4 Å². The number of aromatic nitrogens is 1. The molecule has 11 heteroatoms. The number of nitrogens with zero attached hydrogens (tertiary/aromatic N) is 1. The molecule has 0 aliphatic heterocycles. The number of alkyl halides is 3. The van der Waals surface area contributed by atoms with Gasteiger partial charge >= 0.3 is 6.18 Å². The van der Waals surface area contributed by atoms with Gasteiger partial charge in [0.15, 0.2) is 11.6 Å². The number of pyridine rings is 1. The van der Waals surface area contributed by atoms with E-state index in [-0.39, 0.29) is 12.0 Å². The first-order valence-corrected chi connectivity index (χ1v) is 12.1. The minimum absolute atomic E-state index is 0.0804. The van der Waals surface area contributed by atoms with Crippen LogP contribution in [0.3, 0.4) is 0 Å². The number of amides is 2. The van der Waals surface area contributed by atoms with E-state index in [0.717, 1.165) is 41.4 Å². The summed E-state index contributed by atoms with van der Waals surface area (Å²) in [7, 11) is 0.877. The second kappa shape index (κ2) is 11.4. The van der Waals surface area contributed by atoms with Gasteiger partial charge in [-0.2, -0.15) is 13.2 Å². The third-order valence-corrected chi connectivity index (χ3v) is 6.39. The Morgan fingerprint density at radius 3 is 2.18 bits per heavy atom. The second-order valence-electron chi connectivity index (χ2n) is 9.34. The summed E-state index contributed by atoms with van der Waals surface area (Å²) in [6.45, 7) is 6.66. The lowest BCUT2D eigenvalue weighted by Gasteiger charge is -2.21. The molecule has 1 atom stereocenters. The van der Waals surface area contributed by atoms with E-state index < -0.39 is 59.0 Å². The Morgan fingerprint density at radius 2 is 1.62 bits per heavy atom. The van der Waals surface area contributed by atoms with Crippen LogP contribution in [0.5, 0.6) is 0 Å². The molecule has 2 aromatic carbocycles. The van der Waals surface area contributed by atoms with Gasteiger partial charge in [-0.25, -0.2) is 8.78 Å². The molecule has 0 bridgehead atoms. The first kappa shape index (κ1) is 29.5. The first-order chi connectivity index (χ1) is 18.1. The molecule has 3 aromatic rings. The van der Waals surface area contributed by atoms with Gasteiger partial charge in [-0.1, -0.05) is 24.6 Å². The number of carbonyl (C=O) groups is 2. The van der Waals surface area contributed by atoms with Crippen molar-refractivity contribution in [3.8, 4) is 11.1 Å². The van der Waals surface area contributed by atoms with Crippen molar-refractivity contribution in [2.24, 2.45) is 7.05 Å². The summed E-state index contributed by atoms with van der Waals surface area (Å²) in [6, 6.07) is 6.79. The van der Waals surface area contributed by atoms with E-state index in [1.165, 1.54) is 6.07 Å². The monoisotopic (exact) mass is 549 g/mol. The summed E-state index contributed by atoms with van der Waals surface area (Å²) >= 11 is 0. The van der Waals surface area contributed by atoms with Crippen molar-refractivity contribution in [2.75, 3.05) is 6.54 Å². The van der Waals surface area contributed by atoms with Gasteiger partial charge in [0.2, 0.25) is 5.91 Å². The van der Waals surface area contributed by atoms with E-state index in [4.69, 9.17) is 0 Å². The van der Waals surface area contributed by atoms with Crippen LogP contribution in [0.2, 0.25) is 0 Å². The quantitative estimate of drug-likeness (QED) is 0.394. The van der Waals surface area contributed by atoms with E-state index in [9.17, 15) is 36.3 Å². The van der Waals surface area contributed by atoms with Gasteiger partial charge in [0.25, 0.3) is 11.5 Å². The highest BCUT2D eigenvalue weighted by Crippen LogP contribution is 2.33. The maximum atomic E-state index is 14.9. The van der Waals surface area contributed by atoms with Crippen LogP contribution in [0.4, 0.5) is 22.0 Å². The summed E-state index contributed by atoms with van der Waals surface area (Å²) in [6.07, 6.45) is -4.61. The number of hydrogen-bond donors (Lipinski definition) is 2. The minimum atomic E-state index is -4.79. The Hall–Kier alpha value is -4.02. The normalized spacial score (nSPS) is 12.3. The van der Waals surface area contributed by atoms with Crippen molar-refractivity contribution in [2.45, 2.75) is 46.3 Å². The Kier molecular flexibility index (Phi) is 8.62.